The first-order valence-corrected chi connectivity index (χ1v) is 5.85. The van der Waals surface area contributed by atoms with Crippen LogP contribution in [0.25, 0.3) is 0 Å². The van der Waals surface area contributed by atoms with E-state index in [0.717, 1.165) is 12.8 Å². The van der Waals surface area contributed by atoms with Crippen molar-refractivity contribution in [3.63, 3.8) is 0 Å². The zero-order valence-corrected chi connectivity index (χ0v) is 10.2. The second-order valence-electron chi connectivity index (χ2n) is 5.29. The Morgan fingerprint density at radius 2 is 2.29 bits per heavy atom. The molecule has 0 aliphatic heterocycles. The molecule has 0 spiro atoms. The highest BCUT2D eigenvalue weighted by atomic mass is 16.3. The molecule has 0 bridgehead atoms. The average Bonchev–Trinajstić information content (AvgIpc) is 2.97. The van der Waals surface area contributed by atoms with E-state index in [4.69, 9.17) is 5.73 Å². The van der Waals surface area contributed by atoms with Gasteiger partial charge in [0.05, 0.1) is 11.3 Å². The molecule has 4 N–H and O–H groups in total. The molecule has 1 aliphatic carbocycles. The van der Waals surface area contributed by atoms with E-state index in [2.05, 4.69) is 5.32 Å². The number of rotatable bonds is 4. The number of nitrogens with zero attached hydrogens (tertiary/aromatic N) is 1. The number of nitrogens with one attached hydrogen (secondary N) is 1. The van der Waals surface area contributed by atoms with Crippen molar-refractivity contribution in [2.75, 3.05) is 12.3 Å². The van der Waals surface area contributed by atoms with Gasteiger partial charge in [-0.2, -0.15) is 0 Å². The van der Waals surface area contributed by atoms with Crippen molar-refractivity contribution in [2.24, 2.45) is 0 Å². The molecule has 2 rings (SSSR count). The van der Waals surface area contributed by atoms with E-state index >= 15 is 0 Å². The first kappa shape index (κ1) is 12.0. The number of aliphatic hydroxyl groups is 1. The molecule has 0 aromatic carbocycles. The van der Waals surface area contributed by atoms with E-state index in [1.807, 2.05) is 4.57 Å². The smallest absolute Gasteiger partial charge is 0.268 e. The summed E-state index contributed by atoms with van der Waals surface area (Å²) in [4.78, 5) is 12.0. The number of carbonyl (C=O) groups is 1. The Kier molecular flexibility index (Phi) is 2.87. The molecule has 1 fully saturated rings. The van der Waals surface area contributed by atoms with E-state index in [1.165, 1.54) is 0 Å². The van der Waals surface area contributed by atoms with Gasteiger partial charge in [0, 0.05) is 18.8 Å². The summed E-state index contributed by atoms with van der Waals surface area (Å²) in [6.07, 6.45) is 4.00. The van der Waals surface area contributed by atoms with Gasteiger partial charge in [0.15, 0.2) is 0 Å². The standard InChI is InChI=1S/C12H19N3O2/c1-12(2,17)7-14-11(16)10-5-8(13)6-15(10)9-3-4-9/h5-6,9,17H,3-4,7,13H2,1-2H3,(H,14,16). The molecular weight excluding hydrogens is 218 g/mol. The van der Waals surface area contributed by atoms with Gasteiger partial charge in [-0.05, 0) is 32.8 Å². The molecule has 0 unspecified atom stereocenters. The molecule has 5 nitrogen and oxygen atoms in total. The molecule has 1 aliphatic rings. The Morgan fingerprint density at radius 3 is 2.82 bits per heavy atom. The second kappa shape index (κ2) is 4.07. The molecule has 0 saturated heterocycles. The number of hydrogen-bond donors (Lipinski definition) is 3. The Morgan fingerprint density at radius 1 is 1.65 bits per heavy atom. The quantitative estimate of drug-likeness (QED) is 0.728. The third-order valence-corrected chi connectivity index (χ3v) is 2.72. The van der Waals surface area contributed by atoms with E-state index in [0.29, 0.717) is 17.4 Å². The lowest BCUT2D eigenvalue weighted by Crippen LogP contribution is -2.38. The highest BCUT2D eigenvalue weighted by molar-refractivity contribution is 5.94. The number of carbonyl (C=O) groups excluding carboxylic acids is 1. The lowest BCUT2D eigenvalue weighted by atomic mass is 10.1. The maximum atomic E-state index is 12.0. The van der Waals surface area contributed by atoms with Crippen LogP contribution in [0.2, 0.25) is 0 Å². The first-order valence-electron chi connectivity index (χ1n) is 5.85. The van der Waals surface area contributed by atoms with Crippen molar-refractivity contribution < 1.29 is 9.90 Å². The van der Waals surface area contributed by atoms with Gasteiger partial charge >= 0.3 is 0 Å². The lowest BCUT2D eigenvalue weighted by molar-refractivity contribution is 0.0689. The second-order valence-corrected chi connectivity index (χ2v) is 5.29. The fourth-order valence-electron chi connectivity index (χ4n) is 1.72. The first-order chi connectivity index (χ1) is 7.87. The van der Waals surface area contributed by atoms with E-state index in [1.54, 1.807) is 26.1 Å². The van der Waals surface area contributed by atoms with Crippen LogP contribution in [0.3, 0.4) is 0 Å². The monoisotopic (exact) mass is 237 g/mol. The van der Waals surface area contributed by atoms with Crippen molar-refractivity contribution in [2.45, 2.75) is 38.3 Å². The van der Waals surface area contributed by atoms with Crippen LogP contribution in [0.5, 0.6) is 0 Å². The van der Waals surface area contributed by atoms with Crippen LogP contribution in [-0.4, -0.2) is 27.7 Å². The van der Waals surface area contributed by atoms with E-state index in [-0.39, 0.29) is 12.5 Å². The van der Waals surface area contributed by atoms with Crippen molar-refractivity contribution >= 4 is 11.6 Å². The van der Waals surface area contributed by atoms with Crippen LogP contribution in [0.4, 0.5) is 5.69 Å². The molecular formula is C12H19N3O2. The van der Waals surface area contributed by atoms with Crippen molar-refractivity contribution in [3.05, 3.63) is 18.0 Å². The predicted molar refractivity (Wildman–Crippen MR) is 65.7 cm³/mol. The van der Waals surface area contributed by atoms with E-state index < -0.39 is 5.60 Å². The molecule has 1 heterocycles. The summed E-state index contributed by atoms with van der Waals surface area (Å²) in [5, 5.41) is 12.3. The van der Waals surface area contributed by atoms with Crippen LogP contribution in [0.15, 0.2) is 12.3 Å². The molecule has 94 valence electrons. The number of hydrogen-bond acceptors (Lipinski definition) is 3. The highest BCUT2D eigenvalue weighted by Crippen LogP contribution is 2.37. The van der Waals surface area contributed by atoms with Crippen molar-refractivity contribution in [1.82, 2.24) is 9.88 Å². The molecule has 1 aromatic heterocycles. The summed E-state index contributed by atoms with van der Waals surface area (Å²) in [6, 6.07) is 2.09. The predicted octanol–water partition coefficient (Wildman–Crippen LogP) is 0.906. The Balaban J connectivity index is 2.08. The average molecular weight is 237 g/mol. The SMILES string of the molecule is CC(C)(O)CNC(=O)c1cc(N)cn1C1CC1. The van der Waals surface area contributed by atoms with Gasteiger partial charge in [0.25, 0.3) is 5.91 Å². The van der Waals surface area contributed by atoms with Crippen LogP contribution < -0.4 is 11.1 Å². The summed E-state index contributed by atoms with van der Waals surface area (Å²) in [7, 11) is 0. The zero-order valence-electron chi connectivity index (χ0n) is 10.2. The normalized spacial score (nSPS) is 15.9. The molecule has 1 saturated carbocycles. The number of amides is 1. The number of aromatic nitrogens is 1. The summed E-state index contributed by atoms with van der Waals surface area (Å²) in [5.74, 6) is -0.185. The highest BCUT2D eigenvalue weighted by Gasteiger charge is 2.28. The van der Waals surface area contributed by atoms with Crippen LogP contribution >= 0.6 is 0 Å². The van der Waals surface area contributed by atoms with Gasteiger partial charge in [0.1, 0.15) is 5.69 Å². The Hall–Kier alpha value is -1.49. The summed E-state index contributed by atoms with van der Waals surface area (Å²) >= 11 is 0. The zero-order chi connectivity index (χ0) is 12.6. The minimum absolute atomic E-state index is 0.185. The van der Waals surface area contributed by atoms with Gasteiger partial charge in [0.2, 0.25) is 0 Å². The third kappa shape index (κ3) is 3.00. The summed E-state index contributed by atoms with van der Waals surface area (Å²) < 4.78 is 1.93. The summed E-state index contributed by atoms with van der Waals surface area (Å²) in [5.41, 5.74) is 5.99. The number of nitrogen functional groups attached to an aromatic ring is 1. The van der Waals surface area contributed by atoms with Crippen molar-refractivity contribution in [3.8, 4) is 0 Å². The maximum absolute atomic E-state index is 12.0. The molecule has 1 amide bonds. The van der Waals surface area contributed by atoms with Crippen molar-refractivity contribution in [1.29, 1.82) is 0 Å². The minimum Gasteiger partial charge on any atom is -0.397 e. The summed E-state index contributed by atoms with van der Waals surface area (Å²) in [6.45, 7) is 3.53. The maximum Gasteiger partial charge on any atom is 0.268 e. The fraction of sp³-hybridized carbons (Fsp3) is 0.583. The van der Waals surface area contributed by atoms with Gasteiger partial charge in [-0.1, -0.05) is 0 Å². The largest absolute Gasteiger partial charge is 0.397 e. The third-order valence-electron chi connectivity index (χ3n) is 2.72. The molecule has 0 atom stereocenters. The Labute approximate surface area is 101 Å². The van der Waals surface area contributed by atoms with Gasteiger partial charge in [-0.25, -0.2) is 0 Å². The van der Waals surface area contributed by atoms with Gasteiger partial charge in [-0.3, -0.25) is 4.79 Å². The fourth-order valence-corrected chi connectivity index (χ4v) is 1.72. The lowest BCUT2D eigenvalue weighted by Gasteiger charge is -2.18. The van der Waals surface area contributed by atoms with Gasteiger partial charge < -0.3 is 20.7 Å². The number of nitrogens with two attached hydrogens (primary N) is 1. The number of anilines is 1. The van der Waals surface area contributed by atoms with Crippen LogP contribution in [0.1, 0.15) is 43.2 Å². The molecule has 0 radical (unpaired) electrons. The van der Waals surface area contributed by atoms with Crippen LogP contribution in [0, 0.1) is 0 Å². The topological polar surface area (TPSA) is 80.3 Å². The Bertz CT molecular complexity index is 427. The molecule has 1 aromatic rings. The molecule has 17 heavy (non-hydrogen) atoms. The van der Waals surface area contributed by atoms with E-state index in [9.17, 15) is 9.90 Å². The minimum atomic E-state index is -0.905. The van der Waals surface area contributed by atoms with Crippen LogP contribution in [-0.2, 0) is 0 Å². The van der Waals surface area contributed by atoms with Gasteiger partial charge in [-0.15, -0.1) is 0 Å². The molecule has 5 heteroatoms.